The highest BCUT2D eigenvalue weighted by molar-refractivity contribution is 6.31. The molecule has 1 aromatic carbocycles. The maximum Gasteiger partial charge on any atom is 0.127 e. The topological polar surface area (TPSA) is 9.23 Å². The van der Waals surface area contributed by atoms with E-state index in [-0.39, 0.29) is 5.38 Å². The molecule has 1 aliphatic heterocycles. The first-order valence-corrected chi connectivity index (χ1v) is 6.13. The van der Waals surface area contributed by atoms with E-state index < -0.39 is 0 Å². The van der Waals surface area contributed by atoms with Gasteiger partial charge >= 0.3 is 0 Å². The minimum absolute atomic E-state index is 0.0144. The van der Waals surface area contributed by atoms with Crippen molar-refractivity contribution in [1.29, 1.82) is 0 Å². The summed E-state index contributed by atoms with van der Waals surface area (Å²) < 4.78 is 5.61. The predicted molar refractivity (Wildman–Crippen MR) is 64.2 cm³/mol. The number of alkyl halides is 1. The maximum absolute atomic E-state index is 6.32. The molecule has 0 radical (unpaired) electrons. The molecule has 0 spiro atoms. The van der Waals surface area contributed by atoms with Gasteiger partial charge in [-0.05, 0) is 24.1 Å². The Morgan fingerprint density at radius 1 is 1.47 bits per heavy atom. The van der Waals surface area contributed by atoms with Gasteiger partial charge in [0.1, 0.15) is 5.75 Å². The van der Waals surface area contributed by atoms with E-state index in [1.165, 1.54) is 5.56 Å². The summed E-state index contributed by atoms with van der Waals surface area (Å²) in [7, 11) is 0. The van der Waals surface area contributed by atoms with Crippen molar-refractivity contribution in [3.8, 4) is 5.75 Å². The van der Waals surface area contributed by atoms with Crippen molar-refractivity contribution in [3.05, 3.63) is 28.3 Å². The lowest BCUT2D eigenvalue weighted by atomic mass is 10.0. The number of hydrogen-bond acceptors (Lipinski definition) is 1. The van der Waals surface area contributed by atoms with Gasteiger partial charge in [0.2, 0.25) is 0 Å². The molecule has 1 unspecified atom stereocenters. The van der Waals surface area contributed by atoms with Crippen LogP contribution in [-0.4, -0.2) is 6.61 Å². The van der Waals surface area contributed by atoms with Gasteiger partial charge in [-0.15, -0.1) is 11.6 Å². The molecule has 0 amide bonds. The molecule has 1 aromatic rings. The molecule has 0 aliphatic carbocycles. The Kier molecular flexibility index (Phi) is 3.42. The SMILES string of the molecule is CCCC(Cl)c1cc(Cl)cc2c1OCC2. The lowest BCUT2D eigenvalue weighted by molar-refractivity contribution is 0.352. The van der Waals surface area contributed by atoms with Crippen LogP contribution in [0.4, 0.5) is 0 Å². The van der Waals surface area contributed by atoms with E-state index >= 15 is 0 Å². The Bertz CT molecular complexity index is 363. The van der Waals surface area contributed by atoms with Crippen LogP contribution in [0.3, 0.4) is 0 Å². The molecular weight excluding hydrogens is 231 g/mol. The Balaban J connectivity index is 2.37. The van der Waals surface area contributed by atoms with E-state index in [0.29, 0.717) is 0 Å². The highest BCUT2D eigenvalue weighted by Crippen LogP contribution is 2.40. The van der Waals surface area contributed by atoms with Crippen LogP contribution < -0.4 is 4.74 Å². The molecular formula is C12H14Cl2O. The van der Waals surface area contributed by atoms with Crippen molar-refractivity contribution in [2.75, 3.05) is 6.61 Å². The number of rotatable bonds is 3. The van der Waals surface area contributed by atoms with Crippen molar-refractivity contribution >= 4 is 23.2 Å². The van der Waals surface area contributed by atoms with Gasteiger partial charge in [0.05, 0.1) is 12.0 Å². The van der Waals surface area contributed by atoms with Crippen LogP contribution in [0.2, 0.25) is 5.02 Å². The summed E-state index contributed by atoms with van der Waals surface area (Å²) in [5.74, 6) is 0.966. The monoisotopic (exact) mass is 244 g/mol. The largest absolute Gasteiger partial charge is 0.493 e. The average molecular weight is 245 g/mol. The first-order valence-electron chi connectivity index (χ1n) is 5.31. The molecule has 1 atom stereocenters. The molecule has 0 aromatic heterocycles. The second-order valence-corrected chi connectivity index (χ2v) is 4.80. The molecule has 0 saturated heterocycles. The lowest BCUT2D eigenvalue weighted by Gasteiger charge is -2.13. The standard InChI is InChI=1S/C12H14Cl2O/c1-2-3-11(14)10-7-9(13)6-8-4-5-15-12(8)10/h6-7,11H,2-5H2,1H3. The highest BCUT2D eigenvalue weighted by atomic mass is 35.5. The van der Waals surface area contributed by atoms with Crippen LogP contribution in [0.1, 0.15) is 36.3 Å². The zero-order chi connectivity index (χ0) is 10.8. The van der Waals surface area contributed by atoms with Crippen LogP contribution in [0, 0.1) is 0 Å². The molecule has 15 heavy (non-hydrogen) atoms. The Hall–Kier alpha value is -0.400. The summed E-state index contributed by atoms with van der Waals surface area (Å²) in [5, 5.41) is 0.775. The second kappa shape index (κ2) is 4.63. The smallest absolute Gasteiger partial charge is 0.127 e. The van der Waals surface area contributed by atoms with Gasteiger partial charge in [0, 0.05) is 17.0 Å². The third-order valence-electron chi connectivity index (χ3n) is 2.66. The summed E-state index contributed by atoms with van der Waals surface area (Å²) in [6, 6.07) is 3.90. The fraction of sp³-hybridized carbons (Fsp3) is 0.500. The van der Waals surface area contributed by atoms with Gasteiger partial charge in [-0.3, -0.25) is 0 Å². The third kappa shape index (κ3) is 2.24. The quantitative estimate of drug-likeness (QED) is 0.719. The second-order valence-electron chi connectivity index (χ2n) is 3.84. The van der Waals surface area contributed by atoms with Crippen LogP contribution in [0.25, 0.3) is 0 Å². The third-order valence-corrected chi connectivity index (χ3v) is 3.33. The minimum Gasteiger partial charge on any atom is -0.493 e. The van der Waals surface area contributed by atoms with E-state index in [1.54, 1.807) is 0 Å². The van der Waals surface area contributed by atoms with E-state index in [9.17, 15) is 0 Å². The van der Waals surface area contributed by atoms with Crippen LogP contribution in [0.15, 0.2) is 12.1 Å². The van der Waals surface area contributed by atoms with Crippen molar-refractivity contribution < 1.29 is 4.74 Å². The Morgan fingerprint density at radius 3 is 3.00 bits per heavy atom. The van der Waals surface area contributed by atoms with Gasteiger partial charge in [-0.2, -0.15) is 0 Å². The summed E-state index contributed by atoms with van der Waals surface area (Å²) in [5.41, 5.74) is 2.25. The molecule has 3 heteroatoms. The molecule has 0 fully saturated rings. The summed E-state index contributed by atoms with van der Waals surface area (Å²) >= 11 is 12.4. The predicted octanol–water partition coefficient (Wildman–Crippen LogP) is 4.35. The van der Waals surface area contributed by atoms with Crippen LogP contribution in [-0.2, 0) is 6.42 Å². The van der Waals surface area contributed by atoms with Crippen LogP contribution in [0.5, 0.6) is 5.75 Å². The fourth-order valence-corrected chi connectivity index (χ4v) is 2.57. The maximum atomic E-state index is 6.32. The Morgan fingerprint density at radius 2 is 2.27 bits per heavy atom. The van der Waals surface area contributed by atoms with Gasteiger partial charge in [0.15, 0.2) is 0 Å². The first-order chi connectivity index (χ1) is 7.22. The van der Waals surface area contributed by atoms with E-state index in [0.717, 1.165) is 42.2 Å². The van der Waals surface area contributed by atoms with Gasteiger partial charge in [-0.1, -0.05) is 24.9 Å². The van der Waals surface area contributed by atoms with Crippen molar-refractivity contribution in [2.45, 2.75) is 31.6 Å². The van der Waals surface area contributed by atoms with Gasteiger partial charge in [0.25, 0.3) is 0 Å². The lowest BCUT2D eigenvalue weighted by Crippen LogP contribution is -1.95. The van der Waals surface area contributed by atoms with E-state index in [2.05, 4.69) is 6.92 Å². The fourth-order valence-electron chi connectivity index (χ4n) is 1.94. The summed E-state index contributed by atoms with van der Waals surface area (Å²) in [6.07, 6.45) is 2.96. The number of halogens is 2. The van der Waals surface area contributed by atoms with Crippen molar-refractivity contribution in [3.63, 3.8) is 0 Å². The molecule has 0 saturated carbocycles. The molecule has 0 bridgehead atoms. The number of ether oxygens (including phenoxy) is 1. The van der Waals surface area contributed by atoms with E-state index in [1.807, 2.05) is 12.1 Å². The first kappa shape index (κ1) is 11.1. The van der Waals surface area contributed by atoms with Gasteiger partial charge in [-0.25, -0.2) is 0 Å². The average Bonchev–Trinajstić information content (AvgIpc) is 2.64. The van der Waals surface area contributed by atoms with Crippen molar-refractivity contribution in [1.82, 2.24) is 0 Å². The number of benzene rings is 1. The number of hydrogen-bond donors (Lipinski definition) is 0. The molecule has 82 valence electrons. The minimum atomic E-state index is 0.0144. The number of fused-ring (bicyclic) bond motifs is 1. The van der Waals surface area contributed by atoms with Crippen molar-refractivity contribution in [2.24, 2.45) is 0 Å². The molecule has 2 rings (SSSR count). The zero-order valence-corrected chi connectivity index (χ0v) is 10.2. The Labute approximate surface area is 100 Å². The van der Waals surface area contributed by atoms with E-state index in [4.69, 9.17) is 27.9 Å². The van der Waals surface area contributed by atoms with Crippen LogP contribution >= 0.6 is 23.2 Å². The normalized spacial score (nSPS) is 15.9. The molecule has 1 aliphatic rings. The zero-order valence-electron chi connectivity index (χ0n) is 8.72. The molecule has 1 heterocycles. The molecule has 0 N–H and O–H groups in total. The summed E-state index contributed by atoms with van der Waals surface area (Å²) in [6.45, 7) is 2.87. The van der Waals surface area contributed by atoms with Gasteiger partial charge < -0.3 is 4.74 Å². The molecule has 1 nitrogen and oxygen atoms in total. The highest BCUT2D eigenvalue weighted by Gasteiger charge is 2.21. The summed E-state index contributed by atoms with van der Waals surface area (Å²) in [4.78, 5) is 0.